The van der Waals surface area contributed by atoms with Gasteiger partial charge in [-0.05, 0) is 48.2 Å². The minimum absolute atomic E-state index is 0.000408. The van der Waals surface area contributed by atoms with Gasteiger partial charge in [0.05, 0.1) is 16.4 Å². The number of aliphatic hydroxyl groups is 1. The number of amides is 1. The number of carbonyl (C=O) groups is 1. The Morgan fingerprint density at radius 2 is 1.80 bits per heavy atom. The van der Waals surface area contributed by atoms with Gasteiger partial charge in [0, 0.05) is 18.7 Å². The summed E-state index contributed by atoms with van der Waals surface area (Å²) in [7, 11) is 0. The zero-order valence-electron chi connectivity index (χ0n) is 13.3. The van der Waals surface area contributed by atoms with E-state index in [9.17, 15) is 24.4 Å². The molecule has 1 saturated carbocycles. The van der Waals surface area contributed by atoms with Gasteiger partial charge >= 0.3 is 0 Å². The van der Waals surface area contributed by atoms with E-state index in [2.05, 4.69) is 5.32 Å². The van der Waals surface area contributed by atoms with Gasteiger partial charge in [-0.15, -0.1) is 0 Å². The lowest BCUT2D eigenvalue weighted by Gasteiger charge is -2.18. The summed E-state index contributed by atoms with van der Waals surface area (Å²) in [5.41, 5.74) is 0.532. The van der Waals surface area contributed by atoms with E-state index in [1.54, 1.807) is 12.1 Å². The highest BCUT2D eigenvalue weighted by Crippen LogP contribution is 2.48. The van der Waals surface area contributed by atoms with Crippen LogP contribution in [0.3, 0.4) is 0 Å². The fraction of sp³-hybridized carbons (Fsp3) is 0.278. The average molecular weight is 344 g/mol. The molecule has 0 radical (unpaired) electrons. The zero-order chi connectivity index (χ0) is 18.0. The number of nitro groups is 1. The SMILES string of the molecule is O=C(NCC(O)c1ccc([N+](=O)[O-])cc1)C1(c2ccc(F)cc2)CC1. The van der Waals surface area contributed by atoms with Crippen LogP contribution < -0.4 is 5.32 Å². The van der Waals surface area contributed by atoms with Crippen molar-refractivity contribution in [3.63, 3.8) is 0 Å². The molecule has 0 bridgehead atoms. The lowest BCUT2D eigenvalue weighted by atomic mass is 9.95. The maximum atomic E-state index is 13.0. The fourth-order valence-electron chi connectivity index (χ4n) is 2.84. The number of nitro benzene ring substituents is 1. The van der Waals surface area contributed by atoms with Crippen LogP contribution >= 0.6 is 0 Å². The maximum absolute atomic E-state index is 13.0. The van der Waals surface area contributed by atoms with Crippen molar-refractivity contribution in [3.8, 4) is 0 Å². The van der Waals surface area contributed by atoms with Crippen LogP contribution in [0.4, 0.5) is 10.1 Å². The Labute approximate surface area is 143 Å². The molecular weight excluding hydrogens is 327 g/mol. The first-order valence-corrected chi connectivity index (χ1v) is 7.89. The van der Waals surface area contributed by atoms with Gasteiger partial charge < -0.3 is 10.4 Å². The van der Waals surface area contributed by atoms with Gasteiger partial charge in [-0.3, -0.25) is 14.9 Å². The van der Waals surface area contributed by atoms with Gasteiger partial charge in [0.2, 0.25) is 5.91 Å². The van der Waals surface area contributed by atoms with Crippen molar-refractivity contribution in [3.05, 3.63) is 75.6 Å². The van der Waals surface area contributed by atoms with Crippen LogP contribution in [0.1, 0.15) is 30.1 Å². The highest BCUT2D eigenvalue weighted by molar-refractivity contribution is 5.91. The molecule has 3 rings (SSSR count). The molecule has 1 atom stereocenters. The molecule has 2 aromatic rings. The average Bonchev–Trinajstić information content (AvgIpc) is 3.42. The monoisotopic (exact) mass is 344 g/mol. The molecule has 130 valence electrons. The summed E-state index contributed by atoms with van der Waals surface area (Å²) >= 11 is 0. The molecular formula is C18H17FN2O4. The van der Waals surface area contributed by atoms with Crippen molar-refractivity contribution in [1.82, 2.24) is 5.32 Å². The predicted octanol–water partition coefficient (Wildman–Crippen LogP) is 2.62. The molecule has 7 heteroatoms. The molecule has 1 amide bonds. The summed E-state index contributed by atoms with van der Waals surface area (Å²) in [4.78, 5) is 22.6. The van der Waals surface area contributed by atoms with E-state index in [0.29, 0.717) is 18.4 Å². The normalized spacial score (nSPS) is 16.1. The van der Waals surface area contributed by atoms with E-state index in [4.69, 9.17) is 0 Å². The Morgan fingerprint density at radius 3 is 2.32 bits per heavy atom. The largest absolute Gasteiger partial charge is 0.387 e. The molecule has 25 heavy (non-hydrogen) atoms. The minimum atomic E-state index is -0.964. The van der Waals surface area contributed by atoms with Crippen molar-refractivity contribution in [2.75, 3.05) is 6.54 Å². The number of halogens is 1. The first-order chi connectivity index (χ1) is 11.9. The molecule has 0 heterocycles. The van der Waals surface area contributed by atoms with E-state index < -0.39 is 16.4 Å². The molecule has 0 aliphatic heterocycles. The third kappa shape index (κ3) is 3.51. The molecule has 1 aliphatic carbocycles. The van der Waals surface area contributed by atoms with Crippen LogP contribution in [-0.2, 0) is 10.2 Å². The molecule has 1 aliphatic rings. The summed E-state index contributed by atoms with van der Waals surface area (Å²) < 4.78 is 13.0. The Hall–Kier alpha value is -2.80. The number of nitrogens with zero attached hydrogens (tertiary/aromatic N) is 1. The smallest absolute Gasteiger partial charge is 0.269 e. The van der Waals surface area contributed by atoms with Crippen molar-refractivity contribution in [1.29, 1.82) is 0 Å². The third-order valence-corrected chi connectivity index (χ3v) is 4.53. The van der Waals surface area contributed by atoms with Crippen molar-refractivity contribution in [2.45, 2.75) is 24.4 Å². The summed E-state index contributed by atoms with van der Waals surface area (Å²) in [6, 6.07) is 11.4. The van der Waals surface area contributed by atoms with E-state index >= 15 is 0 Å². The highest BCUT2D eigenvalue weighted by atomic mass is 19.1. The lowest BCUT2D eigenvalue weighted by molar-refractivity contribution is -0.384. The molecule has 0 saturated heterocycles. The molecule has 1 unspecified atom stereocenters. The summed E-state index contributed by atoms with van der Waals surface area (Å²) in [5.74, 6) is -0.561. The van der Waals surface area contributed by atoms with Gasteiger partial charge in [0.1, 0.15) is 5.82 Å². The number of rotatable bonds is 6. The number of benzene rings is 2. The second-order valence-corrected chi connectivity index (χ2v) is 6.16. The number of aliphatic hydroxyl groups excluding tert-OH is 1. The van der Waals surface area contributed by atoms with Crippen LogP contribution in [0, 0.1) is 15.9 Å². The quantitative estimate of drug-likeness (QED) is 0.622. The number of hydrogen-bond donors (Lipinski definition) is 2. The molecule has 0 spiro atoms. The van der Waals surface area contributed by atoms with Crippen LogP contribution in [0.25, 0.3) is 0 Å². The first kappa shape index (κ1) is 17.0. The van der Waals surface area contributed by atoms with Gasteiger partial charge in [-0.1, -0.05) is 12.1 Å². The molecule has 6 nitrogen and oxygen atoms in total. The fourth-order valence-corrected chi connectivity index (χ4v) is 2.84. The summed E-state index contributed by atoms with van der Waals surface area (Å²) in [6.07, 6.45) is 0.393. The molecule has 2 N–H and O–H groups in total. The predicted molar refractivity (Wildman–Crippen MR) is 88.4 cm³/mol. The number of nitrogens with one attached hydrogen (secondary N) is 1. The Kier molecular flexibility index (Phi) is 4.50. The molecule has 2 aromatic carbocycles. The number of hydrogen-bond acceptors (Lipinski definition) is 4. The van der Waals surface area contributed by atoms with Crippen LogP contribution in [0.15, 0.2) is 48.5 Å². The minimum Gasteiger partial charge on any atom is -0.387 e. The molecule has 0 aromatic heterocycles. The summed E-state index contributed by atoms with van der Waals surface area (Å²) in [6.45, 7) is -0.000408. The molecule has 1 fully saturated rings. The van der Waals surface area contributed by atoms with Gasteiger partial charge in [-0.25, -0.2) is 4.39 Å². The number of non-ortho nitro benzene ring substituents is 1. The standard InChI is InChI=1S/C18H17FN2O4/c19-14-5-3-13(4-6-14)18(9-10-18)17(23)20-11-16(22)12-1-7-15(8-2-12)21(24)25/h1-8,16,22H,9-11H2,(H,20,23). The van der Waals surface area contributed by atoms with Gasteiger partial charge in [0.15, 0.2) is 0 Å². The van der Waals surface area contributed by atoms with E-state index in [1.165, 1.54) is 36.4 Å². The van der Waals surface area contributed by atoms with Crippen LogP contribution in [0.2, 0.25) is 0 Å². The maximum Gasteiger partial charge on any atom is 0.269 e. The van der Waals surface area contributed by atoms with E-state index in [1.807, 2.05) is 0 Å². The second-order valence-electron chi connectivity index (χ2n) is 6.16. The van der Waals surface area contributed by atoms with Crippen LogP contribution in [0.5, 0.6) is 0 Å². The lowest BCUT2D eigenvalue weighted by Crippen LogP contribution is -2.37. The number of carbonyl (C=O) groups excluding carboxylic acids is 1. The van der Waals surface area contributed by atoms with Crippen molar-refractivity contribution < 1.29 is 19.2 Å². The third-order valence-electron chi connectivity index (χ3n) is 4.53. The van der Waals surface area contributed by atoms with E-state index in [-0.39, 0.29) is 24.0 Å². The van der Waals surface area contributed by atoms with E-state index in [0.717, 1.165) is 5.56 Å². The highest BCUT2D eigenvalue weighted by Gasteiger charge is 2.51. The Bertz CT molecular complexity index is 786. The Morgan fingerprint density at radius 1 is 1.20 bits per heavy atom. The van der Waals surface area contributed by atoms with Crippen LogP contribution in [-0.4, -0.2) is 22.5 Å². The van der Waals surface area contributed by atoms with Crippen molar-refractivity contribution in [2.24, 2.45) is 0 Å². The zero-order valence-corrected chi connectivity index (χ0v) is 13.3. The topological polar surface area (TPSA) is 92.5 Å². The van der Waals surface area contributed by atoms with Gasteiger partial charge in [0.25, 0.3) is 5.69 Å². The second kappa shape index (κ2) is 6.60. The first-order valence-electron chi connectivity index (χ1n) is 7.89. The van der Waals surface area contributed by atoms with Gasteiger partial charge in [-0.2, -0.15) is 0 Å². The summed E-state index contributed by atoms with van der Waals surface area (Å²) in [5, 5.41) is 23.5. The Balaban J connectivity index is 1.62. The van der Waals surface area contributed by atoms with Crippen molar-refractivity contribution >= 4 is 11.6 Å².